The molecule has 3 heterocycles. The first-order chi connectivity index (χ1) is 11.6. The zero-order chi connectivity index (χ0) is 16.9. The lowest BCUT2D eigenvalue weighted by Gasteiger charge is -2.31. The predicted molar refractivity (Wildman–Crippen MR) is 86.7 cm³/mol. The van der Waals surface area contributed by atoms with E-state index in [0.29, 0.717) is 24.9 Å². The lowest BCUT2D eigenvalue weighted by atomic mass is 10.1. The summed E-state index contributed by atoms with van der Waals surface area (Å²) in [5.41, 5.74) is 0. The van der Waals surface area contributed by atoms with Gasteiger partial charge in [0.1, 0.15) is 6.10 Å². The van der Waals surface area contributed by atoms with Gasteiger partial charge in [0.15, 0.2) is 5.82 Å². The fourth-order valence-electron chi connectivity index (χ4n) is 2.45. The molecule has 2 aromatic rings. The molecule has 1 fully saturated rings. The van der Waals surface area contributed by atoms with Gasteiger partial charge in [-0.25, -0.2) is 19.4 Å². The number of piperidine rings is 1. The maximum Gasteiger partial charge on any atom is 0.323 e. The zero-order valence-electron chi connectivity index (χ0n) is 13.8. The van der Waals surface area contributed by atoms with Gasteiger partial charge in [-0.05, 0) is 19.9 Å². The van der Waals surface area contributed by atoms with Crippen molar-refractivity contribution in [3.8, 4) is 6.01 Å². The number of hydrogen-bond donors (Lipinski definition) is 1. The highest BCUT2D eigenvalue weighted by molar-refractivity contribution is 5.88. The first-order valence-corrected chi connectivity index (χ1v) is 8.03. The van der Waals surface area contributed by atoms with Crippen LogP contribution in [0, 0.1) is 0 Å². The van der Waals surface area contributed by atoms with Crippen LogP contribution in [0.1, 0.15) is 32.7 Å². The normalized spacial score (nSPS) is 15.5. The Kier molecular flexibility index (Phi) is 4.88. The Bertz CT molecular complexity index is 665. The smallest absolute Gasteiger partial charge is 0.323 e. The van der Waals surface area contributed by atoms with Gasteiger partial charge in [0.05, 0.1) is 6.20 Å². The number of hydrogen-bond acceptors (Lipinski definition) is 6. The Labute approximate surface area is 140 Å². The highest BCUT2D eigenvalue weighted by Gasteiger charge is 2.25. The van der Waals surface area contributed by atoms with Gasteiger partial charge in [0, 0.05) is 44.4 Å². The number of rotatable bonds is 4. The number of urea groups is 1. The van der Waals surface area contributed by atoms with E-state index in [1.807, 2.05) is 13.8 Å². The average molecular weight is 331 g/mol. The van der Waals surface area contributed by atoms with Crippen molar-refractivity contribution in [1.29, 1.82) is 0 Å². The number of nitrogens with zero attached hydrogens (tertiary/aromatic N) is 6. The van der Waals surface area contributed by atoms with Crippen molar-refractivity contribution < 1.29 is 9.53 Å². The van der Waals surface area contributed by atoms with E-state index < -0.39 is 0 Å². The number of amides is 2. The summed E-state index contributed by atoms with van der Waals surface area (Å²) in [6.45, 7) is 5.23. The lowest BCUT2D eigenvalue weighted by molar-refractivity contribution is 0.107. The maximum absolute atomic E-state index is 12.3. The van der Waals surface area contributed by atoms with E-state index in [-0.39, 0.29) is 18.2 Å². The molecule has 128 valence electrons. The molecule has 3 rings (SSSR count). The summed E-state index contributed by atoms with van der Waals surface area (Å²) in [5.74, 6) is 0.463. The molecule has 0 saturated carbocycles. The predicted octanol–water partition coefficient (Wildman–Crippen LogP) is 1.72. The van der Waals surface area contributed by atoms with Gasteiger partial charge in [-0.2, -0.15) is 0 Å². The quantitative estimate of drug-likeness (QED) is 0.916. The van der Waals surface area contributed by atoms with Gasteiger partial charge in [-0.1, -0.05) is 5.21 Å². The molecule has 2 aromatic heterocycles. The van der Waals surface area contributed by atoms with Gasteiger partial charge in [0.25, 0.3) is 0 Å². The summed E-state index contributed by atoms with van der Waals surface area (Å²) in [4.78, 5) is 22.1. The molecule has 0 aliphatic carbocycles. The molecule has 2 amide bonds. The monoisotopic (exact) mass is 331 g/mol. The Balaban J connectivity index is 1.48. The van der Waals surface area contributed by atoms with Crippen molar-refractivity contribution in [3.63, 3.8) is 0 Å². The van der Waals surface area contributed by atoms with Crippen LogP contribution >= 0.6 is 0 Å². The van der Waals surface area contributed by atoms with E-state index >= 15 is 0 Å². The number of likely N-dealkylation sites (tertiary alicyclic amines) is 1. The van der Waals surface area contributed by atoms with Crippen LogP contribution in [0.25, 0.3) is 0 Å². The molecule has 0 aromatic carbocycles. The standard InChI is InChI=1S/C15H21N7O2/c1-11(2)22-10-13(19-20-22)18-15(23)21-8-4-12(5-9-21)24-14-16-6-3-7-17-14/h3,6-7,10-12H,4-5,8-9H2,1-2H3,(H,18,23). The molecular weight excluding hydrogens is 310 g/mol. The van der Waals surface area contributed by atoms with Crippen molar-refractivity contribution in [2.45, 2.75) is 38.8 Å². The fraction of sp³-hybridized carbons (Fsp3) is 0.533. The average Bonchev–Trinajstić information content (AvgIpc) is 3.05. The summed E-state index contributed by atoms with van der Waals surface area (Å²) in [5, 5.41) is 10.7. The molecule has 9 nitrogen and oxygen atoms in total. The number of anilines is 1. The topological polar surface area (TPSA) is 98.1 Å². The molecule has 1 aliphatic rings. The van der Waals surface area contributed by atoms with Gasteiger partial charge in [0.2, 0.25) is 0 Å². The molecule has 0 unspecified atom stereocenters. The summed E-state index contributed by atoms with van der Waals surface area (Å²) in [6, 6.07) is 2.16. The van der Waals surface area contributed by atoms with Crippen LogP contribution in [-0.2, 0) is 0 Å². The highest BCUT2D eigenvalue weighted by Crippen LogP contribution is 2.16. The number of ether oxygens (including phenoxy) is 1. The lowest BCUT2D eigenvalue weighted by Crippen LogP contribution is -2.43. The number of aromatic nitrogens is 5. The molecule has 24 heavy (non-hydrogen) atoms. The summed E-state index contributed by atoms with van der Waals surface area (Å²) in [6.07, 6.45) is 6.53. The van der Waals surface area contributed by atoms with Gasteiger partial charge < -0.3 is 9.64 Å². The third-order valence-electron chi connectivity index (χ3n) is 3.82. The van der Waals surface area contributed by atoms with Crippen molar-refractivity contribution in [2.75, 3.05) is 18.4 Å². The van der Waals surface area contributed by atoms with E-state index in [0.717, 1.165) is 12.8 Å². The number of carbonyl (C=O) groups is 1. The maximum atomic E-state index is 12.3. The molecule has 1 aliphatic heterocycles. The van der Waals surface area contributed by atoms with Gasteiger partial charge in [-0.3, -0.25) is 5.32 Å². The molecule has 0 radical (unpaired) electrons. The van der Waals surface area contributed by atoms with E-state index in [1.54, 1.807) is 34.2 Å². The molecule has 0 bridgehead atoms. The Morgan fingerprint density at radius 3 is 2.62 bits per heavy atom. The second-order valence-corrected chi connectivity index (χ2v) is 5.94. The van der Waals surface area contributed by atoms with E-state index in [1.165, 1.54) is 0 Å². The molecule has 1 saturated heterocycles. The SMILES string of the molecule is CC(C)n1cc(NC(=O)N2CCC(Oc3ncccn3)CC2)nn1. The molecule has 0 atom stereocenters. The van der Waals surface area contributed by atoms with E-state index in [9.17, 15) is 4.79 Å². The van der Waals surface area contributed by atoms with Crippen LogP contribution in [0.3, 0.4) is 0 Å². The Morgan fingerprint density at radius 2 is 2.00 bits per heavy atom. The van der Waals surface area contributed by atoms with Crippen LogP contribution in [0.2, 0.25) is 0 Å². The second kappa shape index (κ2) is 7.24. The minimum Gasteiger partial charge on any atom is -0.460 e. The van der Waals surface area contributed by atoms with Crippen molar-refractivity contribution in [3.05, 3.63) is 24.7 Å². The van der Waals surface area contributed by atoms with Crippen LogP contribution < -0.4 is 10.1 Å². The molecule has 9 heteroatoms. The van der Waals surface area contributed by atoms with Crippen molar-refractivity contribution in [1.82, 2.24) is 29.9 Å². The summed E-state index contributed by atoms with van der Waals surface area (Å²) in [7, 11) is 0. The van der Waals surface area contributed by atoms with Crippen LogP contribution in [-0.4, -0.2) is 55.1 Å². The van der Waals surface area contributed by atoms with Crippen LogP contribution in [0.5, 0.6) is 6.01 Å². The summed E-state index contributed by atoms with van der Waals surface area (Å²) >= 11 is 0. The third-order valence-corrected chi connectivity index (χ3v) is 3.82. The van der Waals surface area contributed by atoms with Gasteiger partial charge >= 0.3 is 12.0 Å². The number of carbonyl (C=O) groups excluding carboxylic acids is 1. The van der Waals surface area contributed by atoms with Crippen LogP contribution in [0.15, 0.2) is 24.7 Å². The van der Waals surface area contributed by atoms with E-state index in [4.69, 9.17) is 4.74 Å². The first-order valence-electron chi connectivity index (χ1n) is 8.03. The molecule has 1 N–H and O–H groups in total. The van der Waals surface area contributed by atoms with Crippen LogP contribution in [0.4, 0.5) is 10.6 Å². The number of nitrogens with one attached hydrogen (secondary N) is 1. The van der Waals surface area contributed by atoms with Gasteiger partial charge in [-0.15, -0.1) is 5.10 Å². The van der Waals surface area contributed by atoms with E-state index in [2.05, 4.69) is 25.6 Å². The van der Waals surface area contributed by atoms with Crippen molar-refractivity contribution in [2.24, 2.45) is 0 Å². The highest BCUT2D eigenvalue weighted by atomic mass is 16.5. The Hall–Kier alpha value is -2.71. The largest absolute Gasteiger partial charge is 0.460 e. The summed E-state index contributed by atoms with van der Waals surface area (Å²) < 4.78 is 7.43. The van der Waals surface area contributed by atoms with Crippen molar-refractivity contribution >= 4 is 11.8 Å². The fourth-order valence-corrected chi connectivity index (χ4v) is 2.45. The molecule has 0 spiro atoms. The zero-order valence-corrected chi connectivity index (χ0v) is 13.8. The first kappa shape index (κ1) is 16.2. The minimum absolute atomic E-state index is 0.0262. The third kappa shape index (κ3) is 3.98. The second-order valence-electron chi connectivity index (χ2n) is 5.94. The Morgan fingerprint density at radius 1 is 1.29 bits per heavy atom. The molecular formula is C15H21N7O2. The minimum atomic E-state index is -0.166.